The van der Waals surface area contributed by atoms with Crippen molar-refractivity contribution in [3.05, 3.63) is 64.0 Å². The molecule has 0 spiro atoms. The van der Waals surface area contributed by atoms with E-state index in [0.717, 1.165) is 11.8 Å². The third-order valence-electron chi connectivity index (χ3n) is 5.22. The number of carbonyl (C=O) groups is 1. The van der Waals surface area contributed by atoms with Crippen LogP contribution in [0.4, 0.5) is 10.1 Å². The molecule has 0 aromatic heterocycles. The summed E-state index contributed by atoms with van der Waals surface area (Å²) in [7, 11) is 0. The van der Waals surface area contributed by atoms with E-state index in [1.54, 1.807) is 23.1 Å². The number of hydrogen-bond acceptors (Lipinski definition) is 6. The molecular formula is C22H23FN4O3S. The van der Waals surface area contributed by atoms with Gasteiger partial charge in [0.15, 0.2) is 0 Å². The van der Waals surface area contributed by atoms with Gasteiger partial charge in [-0.1, -0.05) is 37.7 Å². The summed E-state index contributed by atoms with van der Waals surface area (Å²) in [4.78, 5) is 28.5. The van der Waals surface area contributed by atoms with Crippen LogP contribution < -0.4 is 0 Å². The number of nitro benzene ring substituents is 1. The third-order valence-corrected chi connectivity index (χ3v) is 6.35. The van der Waals surface area contributed by atoms with Gasteiger partial charge in [0, 0.05) is 48.1 Å². The quantitative estimate of drug-likeness (QED) is 0.492. The second-order valence-corrected chi connectivity index (χ2v) is 8.70. The van der Waals surface area contributed by atoms with Crippen molar-refractivity contribution in [1.82, 2.24) is 9.80 Å². The van der Waals surface area contributed by atoms with E-state index in [4.69, 9.17) is 0 Å². The van der Waals surface area contributed by atoms with Crippen LogP contribution in [-0.4, -0.2) is 52.9 Å². The minimum atomic E-state index is -0.549. The van der Waals surface area contributed by atoms with Crippen molar-refractivity contribution < 1.29 is 14.1 Å². The van der Waals surface area contributed by atoms with Crippen LogP contribution in [0.15, 0.2) is 52.3 Å². The van der Waals surface area contributed by atoms with Crippen molar-refractivity contribution in [2.75, 3.05) is 26.2 Å². The molecule has 1 saturated heterocycles. The van der Waals surface area contributed by atoms with Crippen LogP contribution in [0.2, 0.25) is 0 Å². The van der Waals surface area contributed by atoms with Crippen LogP contribution in [0.3, 0.4) is 0 Å². The monoisotopic (exact) mass is 442 g/mol. The third kappa shape index (κ3) is 5.21. The fraction of sp³-hybridized carbons (Fsp3) is 0.364. The number of amides is 1. The van der Waals surface area contributed by atoms with Crippen molar-refractivity contribution >= 4 is 23.4 Å². The number of nitrogens with zero attached hydrogens (tertiary/aromatic N) is 4. The fourth-order valence-corrected chi connectivity index (χ4v) is 4.50. The summed E-state index contributed by atoms with van der Waals surface area (Å²) in [6, 6.07) is 12.4. The topological polar surface area (TPSA) is 90.5 Å². The molecule has 1 aliphatic heterocycles. The molecule has 0 saturated carbocycles. The maximum atomic E-state index is 14.1. The van der Waals surface area contributed by atoms with Crippen LogP contribution in [0, 0.1) is 33.2 Å². The number of nitro groups is 1. The Hall–Kier alpha value is -2.96. The molecule has 1 unspecified atom stereocenters. The highest BCUT2D eigenvalue weighted by Gasteiger charge is 2.30. The molecule has 1 heterocycles. The van der Waals surface area contributed by atoms with Crippen molar-refractivity contribution in [2.45, 2.75) is 29.7 Å². The van der Waals surface area contributed by atoms with Crippen LogP contribution in [0.1, 0.15) is 24.2 Å². The minimum absolute atomic E-state index is 0.174. The van der Waals surface area contributed by atoms with E-state index in [1.807, 2.05) is 13.8 Å². The highest BCUT2D eigenvalue weighted by atomic mass is 32.2. The first-order valence-corrected chi connectivity index (χ1v) is 10.8. The zero-order valence-corrected chi connectivity index (χ0v) is 18.1. The minimum Gasteiger partial charge on any atom is -0.336 e. The van der Waals surface area contributed by atoms with Gasteiger partial charge in [-0.05, 0) is 24.1 Å². The van der Waals surface area contributed by atoms with Gasteiger partial charge in [0.2, 0.25) is 0 Å². The first-order valence-electron chi connectivity index (χ1n) is 9.95. The first-order chi connectivity index (χ1) is 14.8. The lowest BCUT2D eigenvalue weighted by Crippen LogP contribution is -2.52. The Balaban J connectivity index is 1.84. The van der Waals surface area contributed by atoms with Crippen molar-refractivity contribution in [1.29, 1.82) is 5.26 Å². The molecule has 0 radical (unpaired) electrons. The lowest BCUT2D eigenvalue weighted by Gasteiger charge is -2.38. The fourth-order valence-electron chi connectivity index (χ4n) is 3.56. The number of benzene rings is 2. The van der Waals surface area contributed by atoms with Gasteiger partial charge >= 0.3 is 0 Å². The molecule has 2 aromatic carbocycles. The van der Waals surface area contributed by atoms with E-state index >= 15 is 0 Å². The van der Waals surface area contributed by atoms with Gasteiger partial charge < -0.3 is 4.90 Å². The molecule has 2 aromatic rings. The van der Waals surface area contributed by atoms with Crippen LogP contribution in [0.5, 0.6) is 0 Å². The van der Waals surface area contributed by atoms with Gasteiger partial charge in [-0.25, -0.2) is 4.39 Å². The Labute approximate surface area is 184 Å². The molecule has 1 atom stereocenters. The summed E-state index contributed by atoms with van der Waals surface area (Å²) >= 11 is 1.07. The van der Waals surface area contributed by atoms with Gasteiger partial charge in [-0.2, -0.15) is 5.26 Å². The van der Waals surface area contributed by atoms with E-state index in [0.29, 0.717) is 36.0 Å². The molecule has 0 N–H and O–H groups in total. The lowest BCUT2D eigenvalue weighted by atomic mass is 10.0. The van der Waals surface area contributed by atoms with E-state index < -0.39 is 10.7 Å². The number of piperazine rings is 1. The summed E-state index contributed by atoms with van der Waals surface area (Å²) < 4.78 is 14.1. The largest absolute Gasteiger partial charge is 0.336 e. The van der Waals surface area contributed by atoms with E-state index in [2.05, 4.69) is 11.0 Å². The zero-order chi connectivity index (χ0) is 22.5. The maximum absolute atomic E-state index is 14.1. The molecular weight excluding hydrogens is 419 g/mol. The predicted molar refractivity (Wildman–Crippen MR) is 115 cm³/mol. The SMILES string of the molecule is CC(C)C(C#N)N1CCN(C(=O)c2cc([N+](=O)[O-])ccc2Sc2ccccc2F)CC1. The molecule has 7 nitrogen and oxygen atoms in total. The Bertz CT molecular complexity index is 1020. The molecule has 1 amide bonds. The number of halogens is 1. The van der Waals surface area contributed by atoms with E-state index in [1.165, 1.54) is 24.3 Å². The number of non-ortho nitro benzene ring substituents is 1. The summed E-state index contributed by atoms with van der Waals surface area (Å²) in [6.45, 7) is 5.90. The maximum Gasteiger partial charge on any atom is 0.270 e. The van der Waals surface area contributed by atoms with Crippen molar-refractivity contribution in [3.63, 3.8) is 0 Å². The highest BCUT2D eigenvalue weighted by Crippen LogP contribution is 2.34. The number of carbonyl (C=O) groups excluding carboxylic acids is 1. The standard InChI is InChI=1S/C22H23FN4O3S/c1-15(2)19(14-24)25-9-11-26(12-10-25)22(28)17-13-16(27(29)30)7-8-20(17)31-21-6-4-3-5-18(21)23/h3-8,13,15,19H,9-12H2,1-2H3. The van der Waals surface area contributed by atoms with Crippen LogP contribution in [0.25, 0.3) is 0 Å². The molecule has 162 valence electrons. The first kappa shape index (κ1) is 22.7. The number of hydrogen-bond donors (Lipinski definition) is 0. The Morgan fingerprint density at radius 3 is 2.42 bits per heavy atom. The zero-order valence-electron chi connectivity index (χ0n) is 17.3. The molecule has 0 aliphatic carbocycles. The molecule has 9 heteroatoms. The molecule has 3 rings (SSSR count). The Morgan fingerprint density at radius 2 is 1.84 bits per heavy atom. The van der Waals surface area contributed by atoms with Gasteiger partial charge in [0.1, 0.15) is 11.9 Å². The van der Waals surface area contributed by atoms with Gasteiger partial charge in [0.05, 0.1) is 16.6 Å². The summed E-state index contributed by atoms with van der Waals surface area (Å²) in [5, 5.41) is 20.7. The van der Waals surface area contributed by atoms with Gasteiger partial charge in [0.25, 0.3) is 11.6 Å². The van der Waals surface area contributed by atoms with E-state index in [-0.39, 0.29) is 29.1 Å². The lowest BCUT2D eigenvalue weighted by molar-refractivity contribution is -0.384. The van der Waals surface area contributed by atoms with Gasteiger partial charge in [-0.15, -0.1) is 0 Å². The second kappa shape index (κ2) is 9.90. The second-order valence-electron chi connectivity index (χ2n) is 7.62. The molecule has 31 heavy (non-hydrogen) atoms. The van der Waals surface area contributed by atoms with Crippen molar-refractivity contribution in [3.8, 4) is 6.07 Å². The van der Waals surface area contributed by atoms with Crippen molar-refractivity contribution in [2.24, 2.45) is 5.92 Å². The van der Waals surface area contributed by atoms with Crippen LogP contribution in [-0.2, 0) is 0 Å². The summed E-state index contributed by atoms with van der Waals surface area (Å²) in [5.41, 5.74) is -0.0131. The van der Waals surface area contributed by atoms with Gasteiger partial charge in [-0.3, -0.25) is 19.8 Å². The van der Waals surface area contributed by atoms with E-state index in [9.17, 15) is 24.6 Å². The molecule has 0 bridgehead atoms. The number of rotatable bonds is 6. The Morgan fingerprint density at radius 1 is 1.16 bits per heavy atom. The molecule has 1 fully saturated rings. The summed E-state index contributed by atoms with van der Waals surface area (Å²) in [5.74, 6) is -0.581. The Kier molecular flexibility index (Phi) is 7.25. The normalized spacial score (nSPS) is 15.5. The average molecular weight is 443 g/mol. The summed E-state index contributed by atoms with van der Waals surface area (Å²) in [6.07, 6.45) is 0. The predicted octanol–water partition coefficient (Wildman–Crippen LogP) is 4.19. The number of nitriles is 1. The smallest absolute Gasteiger partial charge is 0.270 e. The van der Waals surface area contributed by atoms with Crippen LogP contribution >= 0.6 is 11.8 Å². The highest BCUT2D eigenvalue weighted by molar-refractivity contribution is 7.99. The molecule has 1 aliphatic rings. The average Bonchev–Trinajstić information content (AvgIpc) is 2.75.